The summed E-state index contributed by atoms with van der Waals surface area (Å²) in [5.74, 6) is -1.11. The highest BCUT2D eigenvalue weighted by atomic mass is 16.6. The lowest BCUT2D eigenvalue weighted by Crippen LogP contribution is -2.27. The Bertz CT molecular complexity index is 390. The monoisotopic (exact) mass is 208 g/mol. The molecule has 2 atom stereocenters. The number of aliphatic carboxylic acids is 1. The summed E-state index contributed by atoms with van der Waals surface area (Å²) in [5.41, 5.74) is 0.664. The molecule has 1 aliphatic heterocycles. The molecule has 1 fully saturated rings. The lowest BCUT2D eigenvalue weighted by Gasteiger charge is -2.06. The molecule has 0 amide bonds. The van der Waals surface area contributed by atoms with Crippen LogP contribution in [0.3, 0.4) is 0 Å². The van der Waals surface area contributed by atoms with E-state index in [4.69, 9.17) is 9.84 Å². The molecule has 5 heteroatoms. The van der Waals surface area contributed by atoms with E-state index < -0.39 is 18.1 Å². The highest BCUT2D eigenvalue weighted by molar-refractivity contribution is 5.73. The molecule has 0 radical (unpaired) electrons. The summed E-state index contributed by atoms with van der Waals surface area (Å²) >= 11 is 0. The minimum atomic E-state index is -1.11. The van der Waals surface area contributed by atoms with Gasteiger partial charge in [-0.2, -0.15) is 0 Å². The van der Waals surface area contributed by atoms with Gasteiger partial charge in [0.1, 0.15) is 0 Å². The normalized spacial score (nSPS) is 25.5. The van der Waals surface area contributed by atoms with Crippen LogP contribution in [0.1, 0.15) is 11.6 Å². The van der Waals surface area contributed by atoms with Crippen molar-refractivity contribution in [3.63, 3.8) is 0 Å². The largest absolute Gasteiger partial charge is 0.479 e. The molecule has 0 saturated carbocycles. The Balaban J connectivity index is 2.33. The van der Waals surface area contributed by atoms with Crippen molar-refractivity contribution in [2.45, 2.75) is 12.1 Å². The average molecular weight is 208 g/mol. The minimum absolute atomic E-state index is 0.198. The van der Waals surface area contributed by atoms with Gasteiger partial charge in [-0.3, -0.25) is 4.74 Å². The van der Waals surface area contributed by atoms with Crippen LogP contribution in [-0.2, 0) is 9.53 Å². The molecule has 0 bridgehead atoms. The van der Waals surface area contributed by atoms with Crippen LogP contribution in [0.25, 0.3) is 0 Å². The molecule has 0 aromatic heterocycles. The average Bonchev–Trinajstić information content (AvgIpc) is 2.61. The predicted molar refractivity (Wildman–Crippen MR) is 50.2 cm³/mol. The number of hydrogen-bond acceptors (Lipinski definition) is 3. The van der Waals surface area contributed by atoms with Crippen molar-refractivity contribution in [2.75, 3.05) is 6.73 Å². The van der Waals surface area contributed by atoms with E-state index in [1.807, 2.05) is 6.07 Å². The first-order chi connectivity index (χ1) is 7.20. The number of benzene rings is 1. The third-order valence-electron chi connectivity index (χ3n) is 2.36. The van der Waals surface area contributed by atoms with Gasteiger partial charge in [-0.25, -0.2) is 4.79 Å². The van der Waals surface area contributed by atoms with Gasteiger partial charge in [0.05, 0.1) is 0 Å². The highest BCUT2D eigenvalue weighted by Gasteiger charge is 2.48. The Hall–Kier alpha value is -1.75. The first-order valence-electron chi connectivity index (χ1n) is 4.53. The Labute approximate surface area is 85.9 Å². The van der Waals surface area contributed by atoms with Crippen LogP contribution in [0, 0.1) is 4.91 Å². The molecule has 1 aromatic carbocycles. The minimum Gasteiger partial charge on any atom is -0.479 e. The Morgan fingerprint density at radius 1 is 1.40 bits per heavy atom. The van der Waals surface area contributed by atoms with Crippen molar-refractivity contribution in [3.05, 3.63) is 40.8 Å². The van der Waals surface area contributed by atoms with E-state index in [2.05, 4.69) is 0 Å². The Kier molecular flexibility index (Phi) is 2.47. The van der Waals surface area contributed by atoms with E-state index in [-0.39, 0.29) is 6.73 Å². The van der Waals surface area contributed by atoms with Crippen molar-refractivity contribution in [1.29, 1.82) is 0 Å². The van der Waals surface area contributed by atoms with E-state index in [0.717, 1.165) is 0 Å². The SMILES string of the molecule is O=C(O)[C@@H]1OC[N+](=O)[C@H]1c1ccccc1. The molecule has 15 heavy (non-hydrogen) atoms. The van der Waals surface area contributed by atoms with Gasteiger partial charge in [0.2, 0.25) is 6.10 Å². The van der Waals surface area contributed by atoms with E-state index in [1.165, 1.54) is 0 Å². The summed E-state index contributed by atoms with van der Waals surface area (Å²) < 4.78 is 5.55. The van der Waals surface area contributed by atoms with Crippen molar-refractivity contribution in [3.8, 4) is 0 Å². The summed E-state index contributed by atoms with van der Waals surface area (Å²) in [6, 6.07) is 8.04. The maximum absolute atomic E-state index is 11.4. The van der Waals surface area contributed by atoms with Gasteiger partial charge in [-0.05, 0) is 0 Å². The molecule has 0 unspecified atom stereocenters. The third-order valence-corrected chi connectivity index (χ3v) is 2.36. The maximum atomic E-state index is 11.4. The third kappa shape index (κ3) is 1.73. The summed E-state index contributed by atoms with van der Waals surface area (Å²) in [5, 5.41) is 8.87. The fourth-order valence-electron chi connectivity index (χ4n) is 1.67. The maximum Gasteiger partial charge on any atom is 0.340 e. The van der Waals surface area contributed by atoms with Crippen LogP contribution < -0.4 is 0 Å². The number of carbonyl (C=O) groups is 1. The van der Waals surface area contributed by atoms with Crippen LogP contribution in [0.15, 0.2) is 30.3 Å². The predicted octanol–water partition coefficient (Wildman–Crippen LogP) is 0.948. The summed E-state index contributed by atoms with van der Waals surface area (Å²) in [4.78, 5) is 22.3. The fourth-order valence-corrected chi connectivity index (χ4v) is 1.67. The second kappa shape index (κ2) is 3.78. The zero-order chi connectivity index (χ0) is 10.8. The number of carboxylic acid groups (broad SMARTS) is 1. The molecule has 1 aliphatic rings. The first kappa shape index (κ1) is 9.79. The molecule has 1 aromatic rings. The summed E-state index contributed by atoms with van der Waals surface area (Å²) in [6.07, 6.45) is -1.08. The van der Waals surface area contributed by atoms with Crippen LogP contribution in [0.2, 0.25) is 0 Å². The van der Waals surface area contributed by atoms with Crippen molar-refractivity contribution in [1.82, 2.24) is 0 Å². The van der Waals surface area contributed by atoms with E-state index in [9.17, 15) is 9.70 Å². The van der Waals surface area contributed by atoms with E-state index in [1.54, 1.807) is 24.3 Å². The van der Waals surface area contributed by atoms with Gasteiger partial charge < -0.3 is 5.11 Å². The topological polar surface area (TPSA) is 66.6 Å². The van der Waals surface area contributed by atoms with Crippen LogP contribution in [0.4, 0.5) is 0 Å². The van der Waals surface area contributed by atoms with Gasteiger partial charge in [-0.1, -0.05) is 30.3 Å². The van der Waals surface area contributed by atoms with Crippen LogP contribution in [-0.4, -0.2) is 28.7 Å². The number of rotatable bonds is 2. The molecule has 2 rings (SSSR count). The van der Waals surface area contributed by atoms with Gasteiger partial charge in [0.25, 0.3) is 12.8 Å². The Morgan fingerprint density at radius 2 is 2.07 bits per heavy atom. The second-order valence-electron chi connectivity index (χ2n) is 3.33. The zero-order valence-corrected chi connectivity index (χ0v) is 7.87. The Morgan fingerprint density at radius 3 is 2.67 bits per heavy atom. The van der Waals surface area contributed by atoms with Crippen molar-refractivity contribution < 1.29 is 19.4 Å². The van der Waals surface area contributed by atoms with Gasteiger partial charge in [-0.15, -0.1) is 0 Å². The number of nitroso groups, excluding NO2 is 1. The lowest BCUT2D eigenvalue weighted by atomic mass is 10.0. The fraction of sp³-hybridized carbons (Fsp3) is 0.300. The number of hydrogen-bond donors (Lipinski definition) is 1. The van der Waals surface area contributed by atoms with Crippen molar-refractivity contribution in [2.24, 2.45) is 0 Å². The summed E-state index contributed by atoms with van der Waals surface area (Å²) in [6.45, 7) is -0.198. The van der Waals surface area contributed by atoms with Crippen LogP contribution in [0.5, 0.6) is 0 Å². The van der Waals surface area contributed by atoms with E-state index >= 15 is 0 Å². The molecule has 1 N–H and O–H groups in total. The molecular formula is C10H10NO4+. The molecular weight excluding hydrogens is 198 g/mol. The molecule has 0 aliphatic carbocycles. The number of ether oxygens (including phenoxy) is 1. The standard InChI is InChI=1S/C10H9NO4/c12-10(13)9-8(11(14)6-15-9)7-4-2-1-3-5-7/h1-5,8-9H,6H2/p+1/t8-,9+/m0/s1. The summed E-state index contributed by atoms with van der Waals surface area (Å²) in [7, 11) is 0. The molecule has 5 nitrogen and oxygen atoms in total. The van der Waals surface area contributed by atoms with Crippen molar-refractivity contribution >= 4 is 5.97 Å². The molecule has 0 spiro atoms. The van der Waals surface area contributed by atoms with Gasteiger partial charge >= 0.3 is 5.97 Å². The molecule has 1 saturated heterocycles. The van der Waals surface area contributed by atoms with E-state index in [0.29, 0.717) is 10.3 Å². The van der Waals surface area contributed by atoms with Gasteiger partial charge in [0, 0.05) is 15.2 Å². The first-order valence-corrected chi connectivity index (χ1v) is 4.53. The smallest absolute Gasteiger partial charge is 0.340 e. The van der Waals surface area contributed by atoms with Gasteiger partial charge in [0.15, 0.2) is 0 Å². The molecule has 78 valence electrons. The van der Waals surface area contributed by atoms with Crippen LogP contribution >= 0.6 is 0 Å². The zero-order valence-electron chi connectivity index (χ0n) is 7.87. The lowest BCUT2D eigenvalue weighted by molar-refractivity contribution is -0.584. The number of carboxylic acids is 1. The second-order valence-corrected chi connectivity index (χ2v) is 3.33. The number of nitrogens with zero attached hydrogens (tertiary/aromatic N) is 1. The quantitative estimate of drug-likeness (QED) is 0.735. The molecule has 1 heterocycles. The highest BCUT2D eigenvalue weighted by Crippen LogP contribution is 2.28.